The second-order valence-electron chi connectivity index (χ2n) is 4.61. The fraction of sp³-hybridized carbons (Fsp3) is 0.471. The molecule has 0 saturated heterocycles. The predicted molar refractivity (Wildman–Crippen MR) is 85.9 cm³/mol. The minimum absolute atomic E-state index is 0.352. The highest BCUT2D eigenvalue weighted by molar-refractivity contribution is 5.74. The molecule has 0 bridgehead atoms. The fourth-order valence-electron chi connectivity index (χ4n) is 1.94. The Hall–Kier alpha value is -1.97. The second-order valence-corrected chi connectivity index (χ2v) is 4.61. The zero-order chi connectivity index (χ0) is 15.7. The average molecular weight is 291 g/mol. The highest BCUT2D eigenvalue weighted by Crippen LogP contribution is 2.32. The summed E-state index contributed by atoms with van der Waals surface area (Å²) in [5.74, 6) is 1.04. The summed E-state index contributed by atoms with van der Waals surface area (Å²) in [5, 5.41) is 0. The molecule has 0 N–H and O–H groups in total. The lowest BCUT2D eigenvalue weighted by atomic mass is 10.1. The molecule has 0 spiro atoms. The van der Waals surface area contributed by atoms with Crippen LogP contribution in [0.2, 0.25) is 0 Å². The molecule has 0 saturated carbocycles. The molecule has 21 heavy (non-hydrogen) atoms. The highest BCUT2D eigenvalue weighted by Gasteiger charge is 2.17. The number of methoxy groups -OCH3 is 1. The van der Waals surface area contributed by atoms with Gasteiger partial charge in [0.15, 0.2) is 11.5 Å². The number of carbonyl (C=O) groups is 1. The van der Waals surface area contributed by atoms with E-state index < -0.39 is 0 Å². The van der Waals surface area contributed by atoms with Crippen LogP contribution in [0.25, 0.3) is 6.08 Å². The molecule has 0 heterocycles. The standard InChI is InChI=1S/C17H25NO3/c1-5-8-9-11-14-12-10-13-15(20-4)16(14)21-17(19)18(6-2)7-3/h9-13H,5-8H2,1-4H3/b11-9+. The maximum absolute atomic E-state index is 12.1. The third-order valence-corrected chi connectivity index (χ3v) is 3.19. The topological polar surface area (TPSA) is 38.8 Å². The van der Waals surface area contributed by atoms with Crippen LogP contribution in [0.1, 0.15) is 39.2 Å². The molecule has 0 fully saturated rings. The zero-order valence-corrected chi connectivity index (χ0v) is 13.4. The van der Waals surface area contributed by atoms with Crippen molar-refractivity contribution in [3.63, 3.8) is 0 Å². The molecule has 0 aromatic heterocycles. The number of rotatable bonds is 7. The van der Waals surface area contributed by atoms with Crippen LogP contribution in [0.5, 0.6) is 11.5 Å². The quantitative estimate of drug-likeness (QED) is 0.749. The fourth-order valence-corrected chi connectivity index (χ4v) is 1.94. The molecule has 0 radical (unpaired) electrons. The molecule has 0 atom stereocenters. The lowest BCUT2D eigenvalue weighted by Crippen LogP contribution is -2.33. The van der Waals surface area contributed by atoms with Crippen LogP contribution < -0.4 is 9.47 Å². The van der Waals surface area contributed by atoms with Crippen molar-refractivity contribution in [2.45, 2.75) is 33.6 Å². The molecular weight excluding hydrogens is 266 g/mol. The highest BCUT2D eigenvalue weighted by atomic mass is 16.6. The molecule has 0 unspecified atom stereocenters. The van der Waals surface area contributed by atoms with Gasteiger partial charge >= 0.3 is 6.09 Å². The van der Waals surface area contributed by atoms with Gasteiger partial charge in [-0.25, -0.2) is 4.79 Å². The van der Waals surface area contributed by atoms with Crippen molar-refractivity contribution in [1.82, 2.24) is 4.90 Å². The summed E-state index contributed by atoms with van der Waals surface area (Å²) < 4.78 is 10.9. The number of hydrogen-bond acceptors (Lipinski definition) is 3. The Labute approximate surface area is 127 Å². The number of benzene rings is 1. The third kappa shape index (κ3) is 4.81. The van der Waals surface area contributed by atoms with Gasteiger partial charge in [-0.1, -0.05) is 37.6 Å². The summed E-state index contributed by atoms with van der Waals surface area (Å²) in [7, 11) is 1.57. The number of carbonyl (C=O) groups excluding carboxylic acids is 1. The Bertz CT molecular complexity index is 479. The van der Waals surface area contributed by atoms with E-state index in [1.54, 1.807) is 18.1 Å². The SMILES string of the molecule is CCC/C=C/c1cccc(OC)c1OC(=O)N(CC)CC. The van der Waals surface area contributed by atoms with Gasteiger partial charge in [-0.15, -0.1) is 0 Å². The first-order valence-corrected chi connectivity index (χ1v) is 7.48. The van der Waals surface area contributed by atoms with Crippen LogP contribution in [0.15, 0.2) is 24.3 Å². The van der Waals surface area contributed by atoms with E-state index in [9.17, 15) is 4.79 Å². The molecule has 0 aliphatic carbocycles. The number of ether oxygens (including phenoxy) is 2. The van der Waals surface area contributed by atoms with Crippen LogP contribution in [0.3, 0.4) is 0 Å². The van der Waals surface area contributed by atoms with Crippen molar-refractivity contribution < 1.29 is 14.3 Å². The number of para-hydroxylation sites is 1. The van der Waals surface area contributed by atoms with Crippen molar-refractivity contribution in [3.05, 3.63) is 29.8 Å². The number of amides is 1. The number of hydrogen-bond donors (Lipinski definition) is 0. The van der Waals surface area contributed by atoms with Gasteiger partial charge in [0.25, 0.3) is 0 Å². The molecule has 4 heteroatoms. The van der Waals surface area contributed by atoms with E-state index in [4.69, 9.17) is 9.47 Å². The molecule has 4 nitrogen and oxygen atoms in total. The third-order valence-electron chi connectivity index (χ3n) is 3.19. The average Bonchev–Trinajstić information content (AvgIpc) is 2.50. The summed E-state index contributed by atoms with van der Waals surface area (Å²) in [6.45, 7) is 7.21. The summed E-state index contributed by atoms with van der Waals surface area (Å²) >= 11 is 0. The predicted octanol–water partition coefficient (Wildman–Crippen LogP) is 4.35. The summed E-state index contributed by atoms with van der Waals surface area (Å²) in [6, 6.07) is 5.60. The van der Waals surface area contributed by atoms with E-state index in [2.05, 4.69) is 13.0 Å². The van der Waals surface area contributed by atoms with Crippen LogP contribution in [0.4, 0.5) is 4.79 Å². The first kappa shape index (κ1) is 17.1. The van der Waals surface area contributed by atoms with Crippen molar-refractivity contribution >= 4 is 12.2 Å². The maximum Gasteiger partial charge on any atom is 0.415 e. The van der Waals surface area contributed by atoms with Crippen molar-refractivity contribution in [3.8, 4) is 11.5 Å². The molecule has 1 aromatic carbocycles. The van der Waals surface area contributed by atoms with Gasteiger partial charge in [-0.2, -0.15) is 0 Å². The maximum atomic E-state index is 12.1. The van der Waals surface area contributed by atoms with Crippen molar-refractivity contribution in [2.75, 3.05) is 20.2 Å². The largest absolute Gasteiger partial charge is 0.493 e. The van der Waals surface area contributed by atoms with Crippen LogP contribution in [0, 0.1) is 0 Å². The molecule has 1 aromatic rings. The summed E-state index contributed by atoms with van der Waals surface area (Å²) in [6.07, 6.45) is 5.76. The lowest BCUT2D eigenvalue weighted by Gasteiger charge is -2.19. The Morgan fingerprint density at radius 3 is 2.52 bits per heavy atom. The van der Waals surface area contributed by atoms with Gasteiger partial charge in [-0.05, 0) is 26.3 Å². The molecule has 0 aliphatic rings. The molecule has 0 aliphatic heterocycles. The Balaban J connectivity index is 3.04. The Kier molecular flexibility index (Phi) is 7.37. The molecular formula is C17H25NO3. The van der Waals surface area contributed by atoms with E-state index in [0.29, 0.717) is 24.6 Å². The summed E-state index contributed by atoms with van der Waals surface area (Å²) in [4.78, 5) is 13.8. The first-order chi connectivity index (χ1) is 10.2. The van der Waals surface area contributed by atoms with E-state index >= 15 is 0 Å². The number of allylic oxidation sites excluding steroid dienone is 1. The minimum Gasteiger partial charge on any atom is -0.493 e. The monoisotopic (exact) mass is 291 g/mol. The normalized spacial score (nSPS) is 10.7. The van der Waals surface area contributed by atoms with Crippen molar-refractivity contribution in [1.29, 1.82) is 0 Å². The Morgan fingerprint density at radius 1 is 1.24 bits per heavy atom. The van der Waals surface area contributed by atoms with Gasteiger partial charge in [0.2, 0.25) is 0 Å². The van der Waals surface area contributed by atoms with Gasteiger partial charge < -0.3 is 14.4 Å². The smallest absolute Gasteiger partial charge is 0.415 e. The first-order valence-electron chi connectivity index (χ1n) is 7.48. The molecule has 1 amide bonds. The van der Waals surface area contributed by atoms with E-state index in [1.165, 1.54) is 0 Å². The van der Waals surface area contributed by atoms with E-state index in [0.717, 1.165) is 18.4 Å². The zero-order valence-electron chi connectivity index (χ0n) is 13.4. The van der Waals surface area contributed by atoms with Crippen molar-refractivity contribution in [2.24, 2.45) is 0 Å². The lowest BCUT2D eigenvalue weighted by molar-refractivity contribution is 0.155. The van der Waals surface area contributed by atoms with Gasteiger partial charge in [-0.3, -0.25) is 0 Å². The minimum atomic E-state index is -0.352. The van der Waals surface area contributed by atoms with Crippen LogP contribution in [-0.4, -0.2) is 31.2 Å². The number of unbranched alkanes of at least 4 members (excludes halogenated alkanes) is 1. The Morgan fingerprint density at radius 2 is 1.95 bits per heavy atom. The van der Waals surface area contributed by atoms with Gasteiger partial charge in [0, 0.05) is 18.7 Å². The van der Waals surface area contributed by atoms with E-state index in [1.807, 2.05) is 32.1 Å². The van der Waals surface area contributed by atoms with Gasteiger partial charge in [0.1, 0.15) is 0 Å². The summed E-state index contributed by atoms with van der Waals surface area (Å²) in [5.41, 5.74) is 0.850. The second kappa shape index (κ2) is 9.06. The van der Waals surface area contributed by atoms with Crippen LogP contribution in [-0.2, 0) is 0 Å². The van der Waals surface area contributed by atoms with Crippen LogP contribution >= 0.6 is 0 Å². The van der Waals surface area contributed by atoms with E-state index in [-0.39, 0.29) is 6.09 Å². The molecule has 1 rings (SSSR count). The van der Waals surface area contributed by atoms with Gasteiger partial charge in [0.05, 0.1) is 7.11 Å². The number of nitrogens with zero attached hydrogens (tertiary/aromatic N) is 1. The molecule has 116 valence electrons.